The Morgan fingerprint density at radius 1 is 1.29 bits per heavy atom. The van der Waals surface area contributed by atoms with Crippen molar-refractivity contribution in [3.8, 4) is 0 Å². The summed E-state index contributed by atoms with van der Waals surface area (Å²) in [5, 5.41) is 13.2. The smallest absolute Gasteiger partial charge is 0.187 e. The normalized spacial score (nSPS) is 12.6. The molecule has 1 aromatic heterocycles. The van der Waals surface area contributed by atoms with Gasteiger partial charge in [0.05, 0.1) is 16.6 Å². The van der Waals surface area contributed by atoms with Gasteiger partial charge in [-0.25, -0.2) is 0 Å². The Morgan fingerprint density at radius 2 is 2.07 bits per heavy atom. The van der Waals surface area contributed by atoms with Crippen LogP contribution in [-0.2, 0) is 16.6 Å². The molecular weight excluding hydrogens is 200 g/mol. The number of benzene rings is 1. The van der Waals surface area contributed by atoms with Crippen LogP contribution in [0.2, 0.25) is 0 Å². The number of aromatic nitrogens is 4. The molecule has 1 aromatic carbocycles. The van der Waals surface area contributed by atoms with Gasteiger partial charge in [0.2, 0.25) is 0 Å². The number of aromatic amines is 1. The van der Waals surface area contributed by atoms with Crippen LogP contribution in [0.1, 0.15) is 5.82 Å². The van der Waals surface area contributed by atoms with E-state index in [1.165, 1.54) is 0 Å². The maximum absolute atomic E-state index is 11.7. The molecule has 1 N–H and O–H groups in total. The standard InChI is InChI=1S/C8H8N4OS/c13-14(6-8-9-11-12-10-8)7-4-2-1-3-5-7/h1-5H,6H2,(H,9,10,11,12). The predicted octanol–water partition coefficient (Wildman–Crippen LogP) is 0.507. The third kappa shape index (κ3) is 2.02. The Labute approximate surface area is 83.0 Å². The SMILES string of the molecule is O=S(Cc1nn[nH]n1)c1ccccc1. The van der Waals surface area contributed by atoms with Crippen LogP contribution < -0.4 is 0 Å². The van der Waals surface area contributed by atoms with Crippen LogP contribution in [0.4, 0.5) is 0 Å². The fraction of sp³-hybridized carbons (Fsp3) is 0.125. The van der Waals surface area contributed by atoms with Crippen molar-refractivity contribution in [3.05, 3.63) is 36.2 Å². The largest absolute Gasteiger partial charge is 0.254 e. The van der Waals surface area contributed by atoms with Gasteiger partial charge in [-0.15, -0.1) is 10.2 Å². The number of nitrogens with one attached hydrogen (secondary N) is 1. The van der Waals surface area contributed by atoms with Crippen molar-refractivity contribution in [1.82, 2.24) is 20.6 Å². The van der Waals surface area contributed by atoms with Gasteiger partial charge in [-0.1, -0.05) is 23.4 Å². The van der Waals surface area contributed by atoms with Crippen molar-refractivity contribution >= 4 is 10.8 Å². The van der Waals surface area contributed by atoms with E-state index in [2.05, 4.69) is 20.6 Å². The minimum atomic E-state index is -1.10. The Bertz CT molecular complexity index is 414. The van der Waals surface area contributed by atoms with Crippen LogP contribution in [0, 0.1) is 0 Å². The molecule has 2 aromatic rings. The molecule has 1 heterocycles. The fourth-order valence-corrected chi connectivity index (χ4v) is 2.00. The summed E-state index contributed by atoms with van der Waals surface area (Å²) in [4.78, 5) is 0.775. The lowest BCUT2D eigenvalue weighted by Gasteiger charge is -1.97. The van der Waals surface area contributed by atoms with E-state index in [0.29, 0.717) is 11.6 Å². The van der Waals surface area contributed by atoms with E-state index in [4.69, 9.17) is 0 Å². The van der Waals surface area contributed by atoms with E-state index >= 15 is 0 Å². The number of tetrazole rings is 1. The number of hydrogen-bond acceptors (Lipinski definition) is 4. The van der Waals surface area contributed by atoms with Gasteiger partial charge in [0.1, 0.15) is 0 Å². The highest BCUT2D eigenvalue weighted by Crippen LogP contribution is 2.08. The predicted molar refractivity (Wildman–Crippen MR) is 50.7 cm³/mol. The Balaban J connectivity index is 2.11. The van der Waals surface area contributed by atoms with Crippen molar-refractivity contribution < 1.29 is 4.21 Å². The van der Waals surface area contributed by atoms with Crippen LogP contribution in [0.25, 0.3) is 0 Å². The molecule has 0 bridgehead atoms. The van der Waals surface area contributed by atoms with E-state index in [-0.39, 0.29) is 0 Å². The molecule has 6 heteroatoms. The third-order valence-corrected chi connectivity index (χ3v) is 2.97. The van der Waals surface area contributed by atoms with E-state index < -0.39 is 10.8 Å². The van der Waals surface area contributed by atoms with Gasteiger partial charge in [0.15, 0.2) is 5.82 Å². The van der Waals surface area contributed by atoms with Gasteiger partial charge in [-0.3, -0.25) is 4.21 Å². The average Bonchev–Trinajstić information content (AvgIpc) is 2.72. The van der Waals surface area contributed by atoms with Crippen molar-refractivity contribution in [1.29, 1.82) is 0 Å². The molecular formula is C8H8N4OS. The summed E-state index contributed by atoms with van der Waals surface area (Å²) in [5.41, 5.74) is 0. The first-order valence-electron chi connectivity index (χ1n) is 4.02. The first-order valence-corrected chi connectivity index (χ1v) is 5.34. The van der Waals surface area contributed by atoms with Crippen LogP contribution in [-0.4, -0.2) is 24.8 Å². The van der Waals surface area contributed by atoms with Crippen LogP contribution in [0.3, 0.4) is 0 Å². The summed E-state index contributed by atoms with van der Waals surface area (Å²) in [5.74, 6) is 0.757. The Morgan fingerprint density at radius 3 is 2.71 bits per heavy atom. The summed E-state index contributed by atoms with van der Waals surface area (Å²) in [6.07, 6.45) is 0. The minimum Gasteiger partial charge on any atom is -0.254 e. The van der Waals surface area contributed by atoms with Gasteiger partial charge in [0, 0.05) is 4.90 Å². The van der Waals surface area contributed by atoms with E-state index in [1.807, 2.05) is 30.3 Å². The quantitative estimate of drug-likeness (QED) is 0.797. The summed E-state index contributed by atoms with van der Waals surface area (Å²) in [7, 11) is -1.10. The molecule has 0 aliphatic rings. The second kappa shape index (κ2) is 4.10. The molecule has 0 spiro atoms. The average molecular weight is 208 g/mol. The Hall–Kier alpha value is -1.56. The molecule has 0 saturated carbocycles. The van der Waals surface area contributed by atoms with E-state index in [0.717, 1.165) is 4.90 Å². The Kier molecular flexibility index (Phi) is 2.64. The maximum atomic E-state index is 11.7. The van der Waals surface area contributed by atoms with Crippen molar-refractivity contribution in [2.24, 2.45) is 0 Å². The van der Waals surface area contributed by atoms with Crippen LogP contribution in [0.5, 0.6) is 0 Å². The van der Waals surface area contributed by atoms with Crippen LogP contribution >= 0.6 is 0 Å². The number of nitrogens with zero attached hydrogens (tertiary/aromatic N) is 3. The highest BCUT2D eigenvalue weighted by molar-refractivity contribution is 7.84. The molecule has 0 amide bonds. The van der Waals surface area contributed by atoms with Gasteiger partial charge in [0.25, 0.3) is 0 Å². The fourth-order valence-electron chi connectivity index (χ4n) is 1.02. The van der Waals surface area contributed by atoms with Crippen molar-refractivity contribution in [2.45, 2.75) is 10.6 Å². The zero-order valence-corrected chi connectivity index (χ0v) is 8.07. The van der Waals surface area contributed by atoms with Gasteiger partial charge in [-0.05, 0) is 12.1 Å². The second-order valence-electron chi connectivity index (χ2n) is 2.63. The number of hydrogen-bond donors (Lipinski definition) is 1. The van der Waals surface area contributed by atoms with Crippen molar-refractivity contribution in [3.63, 3.8) is 0 Å². The van der Waals surface area contributed by atoms with Gasteiger partial charge in [-0.2, -0.15) is 5.21 Å². The van der Waals surface area contributed by atoms with E-state index in [9.17, 15) is 4.21 Å². The third-order valence-electron chi connectivity index (χ3n) is 1.66. The van der Waals surface area contributed by atoms with E-state index in [1.54, 1.807) is 0 Å². The summed E-state index contributed by atoms with van der Waals surface area (Å²) in [6.45, 7) is 0. The monoisotopic (exact) mass is 208 g/mol. The molecule has 0 aliphatic carbocycles. The topological polar surface area (TPSA) is 71.5 Å². The van der Waals surface area contributed by atoms with Crippen molar-refractivity contribution in [2.75, 3.05) is 0 Å². The second-order valence-corrected chi connectivity index (χ2v) is 4.08. The highest BCUT2D eigenvalue weighted by Gasteiger charge is 2.07. The lowest BCUT2D eigenvalue weighted by molar-refractivity contribution is 0.681. The summed E-state index contributed by atoms with van der Waals surface area (Å²) >= 11 is 0. The zero-order valence-electron chi connectivity index (χ0n) is 7.25. The lowest BCUT2D eigenvalue weighted by atomic mass is 10.4. The molecule has 5 nitrogen and oxygen atoms in total. The number of H-pyrrole nitrogens is 1. The molecule has 0 radical (unpaired) electrons. The first-order chi connectivity index (χ1) is 6.86. The molecule has 0 saturated heterocycles. The first kappa shape index (κ1) is 9.01. The molecule has 1 atom stereocenters. The molecule has 72 valence electrons. The van der Waals surface area contributed by atoms with Gasteiger partial charge >= 0.3 is 0 Å². The molecule has 1 unspecified atom stereocenters. The number of rotatable bonds is 3. The molecule has 0 fully saturated rings. The lowest BCUT2D eigenvalue weighted by Crippen LogP contribution is -1.98. The van der Waals surface area contributed by atoms with Gasteiger partial charge < -0.3 is 0 Å². The highest BCUT2D eigenvalue weighted by atomic mass is 32.2. The summed E-state index contributed by atoms with van der Waals surface area (Å²) in [6, 6.07) is 9.22. The molecule has 14 heavy (non-hydrogen) atoms. The molecule has 0 aliphatic heterocycles. The zero-order chi connectivity index (χ0) is 9.80. The van der Waals surface area contributed by atoms with Crippen LogP contribution in [0.15, 0.2) is 35.2 Å². The molecule has 2 rings (SSSR count). The maximum Gasteiger partial charge on any atom is 0.187 e. The minimum absolute atomic E-state index is 0.292. The summed E-state index contributed by atoms with van der Waals surface area (Å²) < 4.78 is 11.7.